The Balaban J connectivity index is 1.25. The van der Waals surface area contributed by atoms with Gasteiger partial charge in [0.05, 0.1) is 31.1 Å². The monoisotopic (exact) mass is 434 g/mol. The maximum atomic E-state index is 12.6. The standard InChI is InChI=1S/C21H23ClN2O6/c1-29-15-5-4-13(22)9-14(15)23-16(25)10-30-17(26)6-7-24-20(27)18-11-2-3-12(8-11)19(18)21(24)28/h4-5,9,11-12,18-19H,2-3,6-8,10H2,1H3,(H,23,25)/t11-,12-,18-,19-/m0/s1. The van der Waals surface area contributed by atoms with Crippen LogP contribution >= 0.6 is 11.6 Å². The van der Waals surface area contributed by atoms with Crippen LogP contribution in [0.4, 0.5) is 5.69 Å². The molecule has 0 aromatic heterocycles. The summed E-state index contributed by atoms with van der Waals surface area (Å²) in [6, 6.07) is 4.75. The van der Waals surface area contributed by atoms with Crippen LogP contribution in [0.5, 0.6) is 5.75 Å². The predicted octanol–water partition coefficient (Wildman–Crippen LogP) is 2.25. The number of benzene rings is 1. The van der Waals surface area contributed by atoms with E-state index >= 15 is 0 Å². The number of nitrogens with zero attached hydrogens (tertiary/aromatic N) is 1. The van der Waals surface area contributed by atoms with Crippen LogP contribution in [0.15, 0.2) is 18.2 Å². The summed E-state index contributed by atoms with van der Waals surface area (Å²) in [4.78, 5) is 50.6. The highest BCUT2D eigenvalue weighted by Crippen LogP contribution is 2.56. The normalized spacial score (nSPS) is 26.7. The van der Waals surface area contributed by atoms with Crippen LogP contribution < -0.4 is 10.1 Å². The summed E-state index contributed by atoms with van der Waals surface area (Å²) in [5, 5.41) is 2.99. The number of rotatable bonds is 7. The number of halogens is 1. The van der Waals surface area contributed by atoms with E-state index in [0.717, 1.165) is 19.3 Å². The van der Waals surface area contributed by atoms with E-state index in [-0.39, 0.29) is 36.6 Å². The van der Waals surface area contributed by atoms with Crippen LogP contribution in [0.3, 0.4) is 0 Å². The van der Waals surface area contributed by atoms with Gasteiger partial charge in [0.15, 0.2) is 6.61 Å². The maximum Gasteiger partial charge on any atom is 0.308 e. The molecule has 160 valence electrons. The number of hydrogen-bond donors (Lipinski definition) is 1. The van der Waals surface area contributed by atoms with Gasteiger partial charge in [-0.3, -0.25) is 24.1 Å². The number of fused-ring (bicyclic) bond motifs is 5. The summed E-state index contributed by atoms with van der Waals surface area (Å²) < 4.78 is 10.1. The summed E-state index contributed by atoms with van der Waals surface area (Å²) in [5.41, 5.74) is 0.362. The number of carbonyl (C=O) groups excluding carboxylic acids is 4. The van der Waals surface area contributed by atoms with Gasteiger partial charge in [-0.1, -0.05) is 11.6 Å². The van der Waals surface area contributed by atoms with Crippen molar-refractivity contribution in [1.82, 2.24) is 4.90 Å². The van der Waals surface area contributed by atoms with E-state index in [0.29, 0.717) is 28.3 Å². The third-order valence-electron chi connectivity index (χ3n) is 6.36. The summed E-state index contributed by atoms with van der Waals surface area (Å²) in [6.45, 7) is -0.502. The number of nitrogens with one attached hydrogen (secondary N) is 1. The molecule has 8 nitrogen and oxygen atoms in total. The van der Waals surface area contributed by atoms with E-state index in [1.54, 1.807) is 12.1 Å². The van der Waals surface area contributed by atoms with Crippen molar-refractivity contribution in [3.63, 3.8) is 0 Å². The van der Waals surface area contributed by atoms with E-state index in [4.69, 9.17) is 21.1 Å². The Bertz CT molecular complexity index is 875. The van der Waals surface area contributed by atoms with Gasteiger partial charge in [0.25, 0.3) is 5.91 Å². The molecule has 4 atom stereocenters. The lowest BCUT2D eigenvalue weighted by Gasteiger charge is -2.19. The molecule has 2 bridgehead atoms. The molecule has 0 unspecified atom stereocenters. The fraction of sp³-hybridized carbons (Fsp3) is 0.524. The fourth-order valence-electron chi connectivity index (χ4n) is 5.08. The summed E-state index contributed by atoms with van der Waals surface area (Å²) >= 11 is 5.92. The van der Waals surface area contributed by atoms with Gasteiger partial charge in [0.2, 0.25) is 11.8 Å². The minimum atomic E-state index is -0.649. The number of methoxy groups -OCH3 is 1. The zero-order valence-electron chi connectivity index (χ0n) is 16.6. The first-order chi connectivity index (χ1) is 14.4. The Kier molecular flexibility index (Phi) is 5.69. The first kappa shape index (κ1) is 20.7. The van der Waals surface area contributed by atoms with Gasteiger partial charge in [-0.15, -0.1) is 0 Å². The Hall–Kier alpha value is -2.61. The van der Waals surface area contributed by atoms with Gasteiger partial charge < -0.3 is 14.8 Å². The van der Waals surface area contributed by atoms with Crippen LogP contribution in [0.1, 0.15) is 25.7 Å². The number of anilines is 1. The molecule has 0 spiro atoms. The van der Waals surface area contributed by atoms with E-state index in [1.165, 1.54) is 18.1 Å². The Morgan fingerprint density at radius 3 is 2.47 bits per heavy atom. The van der Waals surface area contributed by atoms with Crippen molar-refractivity contribution < 1.29 is 28.7 Å². The molecular weight excluding hydrogens is 412 g/mol. The smallest absolute Gasteiger partial charge is 0.308 e. The molecule has 2 saturated carbocycles. The number of likely N-dealkylation sites (tertiary alicyclic amines) is 1. The zero-order chi connectivity index (χ0) is 21.4. The number of hydrogen-bond acceptors (Lipinski definition) is 6. The quantitative estimate of drug-likeness (QED) is 0.521. The molecule has 1 aliphatic heterocycles. The highest BCUT2D eigenvalue weighted by Gasteiger charge is 2.60. The molecule has 3 amide bonds. The van der Waals surface area contributed by atoms with Crippen molar-refractivity contribution in [2.24, 2.45) is 23.7 Å². The maximum absolute atomic E-state index is 12.6. The van der Waals surface area contributed by atoms with E-state index < -0.39 is 18.5 Å². The summed E-state index contributed by atoms with van der Waals surface area (Å²) in [5.74, 6) is -0.888. The highest BCUT2D eigenvalue weighted by molar-refractivity contribution is 6.31. The minimum absolute atomic E-state index is 0.00727. The molecule has 9 heteroatoms. The lowest BCUT2D eigenvalue weighted by atomic mass is 9.81. The first-order valence-corrected chi connectivity index (χ1v) is 10.4. The number of amides is 3. The predicted molar refractivity (Wildman–Crippen MR) is 107 cm³/mol. The Labute approximate surface area is 178 Å². The first-order valence-electron chi connectivity index (χ1n) is 10.0. The van der Waals surface area contributed by atoms with Crippen LogP contribution in [-0.2, 0) is 23.9 Å². The van der Waals surface area contributed by atoms with Crippen LogP contribution in [0, 0.1) is 23.7 Å². The van der Waals surface area contributed by atoms with Crippen LogP contribution in [-0.4, -0.2) is 48.9 Å². The fourth-order valence-corrected chi connectivity index (χ4v) is 5.25. The van der Waals surface area contributed by atoms with Crippen molar-refractivity contribution in [2.45, 2.75) is 25.7 Å². The summed E-state index contributed by atoms with van der Waals surface area (Å²) in [7, 11) is 1.46. The average Bonchev–Trinajstić information content (AvgIpc) is 3.39. The molecule has 0 radical (unpaired) electrons. The van der Waals surface area contributed by atoms with Crippen molar-refractivity contribution in [3.05, 3.63) is 23.2 Å². The number of imide groups is 1. The number of carbonyl (C=O) groups is 4. The van der Waals surface area contributed by atoms with Gasteiger partial charge in [0.1, 0.15) is 5.75 Å². The van der Waals surface area contributed by atoms with Gasteiger partial charge >= 0.3 is 5.97 Å². The van der Waals surface area contributed by atoms with Crippen molar-refractivity contribution in [2.75, 3.05) is 25.6 Å². The molecular formula is C21H23ClN2O6. The van der Waals surface area contributed by atoms with Gasteiger partial charge in [-0.2, -0.15) is 0 Å². The van der Waals surface area contributed by atoms with E-state index in [1.807, 2.05) is 0 Å². The molecule has 3 aliphatic rings. The highest BCUT2D eigenvalue weighted by atomic mass is 35.5. The lowest BCUT2D eigenvalue weighted by molar-refractivity contribution is -0.149. The van der Waals surface area contributed by atoms with Crippen molar-refractivity contribution in [3.8, 4) is 5.75 Å². The average molecular weight is 435 g/mol. The largest absolute Gasteiger partial charge is 0.495 e. The molecule has 1 aromatic rings. The van der Waals surface area contributed by atoms with Gasteiger partial charge in [-0.05, 0) is 49.3 Å². The third kappa shape index (κ3) is 3.76. The van der Waals surface area contributed by atoms with Gasteiger partial charge in [-0.25, -0.2) is 0 Å². The van der Waals surface area contributed by atoms with Crippen LogP contribution in [0.25, 0.3) is 0 Å². The van der Waals surface area contributed by atoms with E-state index in [2.05, 4.69) is 5.32 Å². The molecule has 1 aromatic carbocycles. The number of ether oxygens (including phenoxy) is 2. The molecule has 1 heterocycles. The third-order valence-corrected chi connectivity index (χ3v) is 6.59. The second-order valence-corrected chi connectivity index (χ2v) is 8.45. The summed E-state index contributed by atoms with van der Waals surface area (Å²) in [6.07, 6.45) is 2.84. The molecule has 1 N–H and O–H groups in total. The topological polar surface area (TPSA) is 102 Å². The molecule has 4 rings (SSSR count). The molecule has 3 fully saturated rings. The molecule has 2 aliphatic carbocycles. The van der Waals surface area contributed by atoms with Crippen LogP contribution in [0.2, 0.25) is 5.02 Å². The van der Waals surface area contributed by atoms with Crippen molar-refractivity contribution in [1.29, 1.82) is 0 Å². The minimum Gasteiger partial charge on any atom is -0.495 e. The van der Waals surface area contributed by atoms with Gasteiger partial charge in [0, 0.05) is 11.6 Å². The lowest BCUT2D eigenvalue weighted by Crippen LogP contribution is -2.35. The number of esters is 1. The Morgan fingerprint density at radius 2 is 1.83 bits per heavy atom. The second-order valence-electron chi connectivity index (χ2n) is 8.02. The molecule has 30 heavy (non-hydrogen) atoms. The van der Waals surface area contributed by atoms with Crippen molar-refractivity contribution >= 4 is 41.0 Å². The second kappa shape index (κ2) is 8.26. The molecule has 1 saturated heterocycles. The van der Waals surface area contributed by atoms with E-state index in [9.17, 15) is 19.2 Å². The Morgan fingerprint density at radius 1 is 1.17 bits per heavy atom. The SMILES string of the molecule is COc1ccc(Cl)cc1NC(=O)COC(=O)CCN1C(=O)[C@H]2[C@H]3CC[C@@H](C3)[C@@H]2C1=O. The zero-order valence-corrected chi connectivity index (χ0v) is 17.3.